The molecule has 144 valence electrons. The number of nitrogens with one attached hydrogen (secondary N) is 2. The molecule has 0 saturated carbocycles. The first-order chi connectivity index (χ1) is 13.6. The van der Waals surface area contributed by atoms with Gasteiger partial charge < -0.3 is 15.5 Å². The number of rotatable bonds is 7. The van der Waals surface area contributed by atoms with E-state index in [4.69, 9.17) is 0 Å². The fourth-order valence-electron chi connectivity index (χ4n) is 2.94. The Hall–Kier alpha value is -3.41. The molecular weight excluding hydrogens is 354 g/mol. The van der Waals surface area contributed by atoms with Crippen LogP contribution in [0.1, 0.15) is 24.0 Å². The molecule has 6 nitrogen and oxygen atoms in total. The van der Waals surface area contributed by atoms with Crippen LogP contribution in [-0.2, 0) is 20.9 Å². The summed E-state index contributed by atoms with van der Waals surface area (Å²) in [6, 6.07) is 17.0. The molecule has 0 atom stereocenters. The van der Waals surface area contributed by atoms with Gasteiger partial charge in [0, 0.05) is 31.3 Å². The maximum Gasteiger partial charge on any atom is 0.244 e. The van der Waals surface area contributed by atoms with E-state index in [0.717, 1.165) is 29.8 Å². The minimum absolute atomic E-state index is 0.0850. The van der Waals surface area contributed by atoms with Crippen LogP contribution in [0.15, 0.2) is 60.7 Å². The molecule has 1 saturated heterocycles. The van der Waals surface area contributed by atoms with Gasteiger partial charge in [-0.05, 0) is 35.8 Å². The minimum atomic E-state index is -0.321. The van der Waals surface area contributed by atoms with Gasteiger partial charge >= 0.3 is 0 Å². The predicted molar refractivity (Wildman–Crippen MR) is 108 cm³/mol. The smallest absolute Gasteiger partial charge is 0.244 e. The van der Waals surface area contributed by atoms with Gasteiger partial charge in [0.1, 0.15) is 0 Å². The average Bonchev–Trinajstić information content (AvgIpc) is 3.16. The van der Waals surface area contributed by atoms with Gasteiger partial charge in [-0.2, -0.15) is 0 Å². The zero-order chi connectivity index (χ0) is 19.8. The fraction of sp³-hybridized carbons (Fsp3) is 0.227. The highest BCUT2D eigenvalue weighted by Gasteiger charge is 2.21. The highest BCUT2D eigenvalue weighted by Crippen LogP contribution is 2.21. The van der Waals surface area contributed by atoms with E-state index in [1.54, 1.807) is 11.0 Å². The van der Waals surface area contributed by atoms with Crippen molar-refractivity contribution in [1.29, 1.82) is 0 Å². The molecule has 2 aromatic carbocycles. The SMILES string of the molecule is O=C(/C=C/c1ccccc1)NCC(=O)NCc1ccc(N2CCCC2=O)cc1. The molecular formula is C22H23N3O3. The molecule has 0 unspecified atom stereocenters. The van der Waals surface area contributed by atoms with Crippen LogP contribution in [0.4, 0.5) is 5.69 Å². The Labute approximate surface area is 164 Å². The van der Waals surface area contributed by atoms with Crippen LogP contribution in [-0.4, -0.2) is 30.8 Å². The molecule has 3 rings (SSSR count). The van der Waals surface area contributed by atoms with E-state index in [0.29, 0.717) is 13.0 Å². The third kappa shape index (κ3) is 5.54. The second kappa shape index (κ2) is 9.50. The summed E-state index contributed by atoms with van der Waals surface area (Å²) in [5.41, 5.74) is 2.73. The van der Waals surface area contributed by atoms with E-state index < -0.39 is 0 Å². The lowest BCUT2D eigenvalue weighted by Crippen LogP contribution is -2.35. The Morgan fingerprint density at radius 2 is 1.75 bits per heavy atom. The lowest BCUT2D eigenvalue weighted by Gasteiger charge is -2.16. The van der Waals surface area contributed by atoms with E-state index >= 15 is 0 Å². The van der Waals surface area contributed by atoms with Gasteiger partial charge in [0.15, 0.2) is 0 Å². The zero-order valence-corrected chi connectivity index (χ0v) is 15.6. The maximum atomic E-state index is 11.9. The van der Waals surface area contributed by atoms with Gasteiger partial charge in [0.2, 0.25) is 17.7 Å². The standard InChI is InChI=1S/C22H23N3O3/c26-20(13-10-17-5-2-1-3-6-17)24-16-21(27)23-15-18-8-11-19(12-9-18)25-14-4-7-22(25)28/h1-3,5-6,8-13H,4,7,14-16H2,(H,23,27)(H,24,26)/b13-10+. The summed E-state index contributed by atoms with van der Waals surface area (Å²) >= 11 is 0. The van der Waals surface area contributed by atoms with Gasteiger partial charge in [0.05, 0.1) is 6.54 Å². The van der Waals surface area contributed by atoms with Crippen LogP contribution >= 0.6 is 0 Å². The molecule has 2 N–H and O–H groups in total. The van der Waals surface area contributed by atoms with E-state index in [1.807, 2.05) is 54.6 Å². The molecule has 6 heteroatoms. The van der Waals surface area contributed by atoms with Gasteiger partial charge in [-0.15, -0.1) is 0 Å². The van der Waals surface area contributed by atoms with Crippen LogP contribution in [0.3, 0.4) is 0 Å². The van der Waals surface area contributed by atoms with Crippen molar-refractivity contribution in [2.75, 3.05) is 18.0 Å². The van der Waals surface area contributed by atoms with Crippen molar-refractivity contribution in [3.05, 3.63) is 71.8 Å². The number of carbonyl (C=O) groups is 3. The first kappa shape index (κ1) is 19.4. The van der Waals surface area contributed by atoms with Crippen LogP contribution < -0.4 is 15.5 Å². The normalized spacial score (nSPS) is 13.7. The fourth-order valence-corrected chi connectivity index (χ4v) is 2.94. The highest BCUT2D eigenvalue weighted by atomic mass is 16.2. The number of anilines is 1. The topological polar surface area (TPSA) is 78.5 Å². The van der Waals surface area contributed by atoms with Gasteiger partial charge in [-0.1, -0.05) is 42.5 Å². The summed E-state index contributed by atoms with van der Waals surface area (Å²) in [5.74, 6) is -0.433. The molecule has 3 amide bonds. The number of carbonyl (C=O) groups excluding carboxylic acids is 3. The molecule has 0 radical (unpaired) electrons. The van der Waals surface area contributed by atoms with Crippen LogP contribution in [0.25, 0.3) is 6.08 Å². The molecule has 1 aliphatic rings. The Balaban J connectivity index is 1.40. The largest absolute Gasteiger partial charge is 0.350 e. The summed E-state index contributed by atoms with van der Waals surface area (Å²) in [4.78, 5) is 37.2. The van der Waals surface area contributed by atoms with Gasteiger partial charge in [0.25, 0.3) is 0 Å². The Morgan fingerprint density at radius 3 is 2.43 bits per heavy atom. The Bertz CT molecular complexity index is 860. The Morgan fingerprint density at radius 1 is 1.00 bits per heavy atom. The van der Waals surface area contributed by atoms with Crippen molar-refractivity contribution in [3.8, 4) is 0 Å². The second-order valence-electron chi connectivity index (χ2n) is 6.55. The molecule has 0 spiro atoms. The summed E-state index contributed by atoms with van der Waals surface area (Å²) in [6.07, 6.45) is 4.59. The summed E-state index contributed by atoms with van der Waals surface area (Å²) in [5, 5.41) is 5.33. The molecule has 28 heavy (non-hydrogen) atoms. The van der Waals surface area contributed by atoms with E-state index in [9.17, 15) is 14.4 Å². The van der Waals surface area contributed by atoms with E-state index in [2.05, 4.69) is 10.6 Å². The molecule has 1 heterocycles. The molecule has 0 aliphatic carbocycles. The van der Waals surface area contributed by atoms with E-state index in [-0.39, 0.29) is 24.3 Å². The van der Waals surface area contributed by atoms with Crippen molar-refractivity contribution in [3.63, 3.8) is 0 Å². The van der Waals surface area contributed by atoms with Gasteiger partial charge in [-0.3, -0.25) is 14.4 Å². The van der Waals surface area contributed by atoms with Crippen molar-refractivity contribution in [2.24, 2.45) is 0 Å². The van der Waals surface area contributed by atoms with Crippen molar-refractivity contribution < 1.29 is 14.4 Å². The summed E-state index contributed by atoms with van der Waals surface area (Å²) < 4.78 is 0. The maximum absolute atomic E-state index is 11.9. The number of amides is 3. The monoisotopic (exact) mass is 377 g/mol. The van der Waals surface area contributed by atoms with Crippen molar-refractivity contribution in [1.82, 2.24) is 10.6 Å². The van der Waals surface area contributed by atoms with Crippen molar-refractivity contribution >= 4 is 29.5 Å². The number of nitrogens with zero attached hydrogens (tertiary/aromatic N) is 1. The number of hydrogen-bond acceptors (Lipinski definition) is 3. The van der Waals surface area contributed by atoms with Crippen molar-refractivity contribution in [2.45, 2.75) is 19.4 Å². The van der Waals surface area contributed by atoms with Crippen LogP contribution in [0.5, 0.6) is 0 Å². The van der Waals surface area contributed by atoms with Crippen LogP contribution in [0.2, 0.25) is 0 Å². The second-order valence-corrected chi connectivity index (χ2v) is 6.55. The average molecular weight is 377 g/mol. The molecule has 1 aliphatic heterocycles. The molecule has 0 bridgehead atoms. The molecule has 0 aromatic heterocycles. The molecule has 2 aromatic rings. The third-order valence-corrected chi connectivity index (χ3v) is 4.46. The third-order valence-electron chi connectivity index (χ3n) is 4.46. The highest BCUT2D eigenvalue weighted by molar-refractivity contribution is 5.95. The summed E-state index contributed by atoms with van der Waals surface area (Å²) in [6.45, 7) is 1.04. The first-order valence-electron chi connectivity index (χ1n) is 9.29. The first-order valence-corrected chi connectivity index (χ1v) is 9.29. The number of benzene rings is 2. The summed E-state index contributed by atoms with van der Waals surface area (Å²) in [7, 11) is 0. The quantitative estimate of drug-likeness (QED) is 0.727. The Kier molecular flexibility index (Phi) is 6.57. The lowest BCUT2D eigenvalue weighted by atomic mass is 10.2. The van der Waals surface area contributed by atoms with Crippen LogP contribution in [0, 0.1) is 0 Å². The minimum Gasteiger partial charge on any atom is -0.350 e. The predicted octanol–water partition coefficient (Wildman–Crippen LogP) is 2.26. The number of hydrogen-bond donors (Lipinski definition) is 2. The van der Waals surface area contributed by atoms with Gasteiger partial charge in [-0.25, -0.2) is 0 Å². The van der Waals surface area contributed by atoms with E-state index in [1.165, 1.54) is 6.08 Å². The molecule has 1 fully saturated rings. The lowest BCUT2D eigenvalue weighted by molar-refractivity contribution is -0.124. The zero-order valence-electron chi connectivity index (χ0n) is 15.6.